The molecule has 2 amide bonds. The molecule has 0 aliphatic carbocycles. The van der Waals surface area contributed by atoms with Gasteiger partial charge < -0.3 is 0 Å². The number of nitrogens with zero attached hydrogens (tertiary/aromatic N) is 2. The van der Waals surface area contributed by atoms with Gasteiger partial charge in [0.2, 0.25) is 0 Å². The monoisotopic (exact) mass is 250 g/mol. The van der Waals surface area contributed by atoms with Gasteiger partial charge >= 0.3 is 0 Å². The van der Waals surface area contributed by atoms with E-state index in [0.717, 1.165) is 5.56 Å². The summed E-state index contributed by atoms with van der Waals surface area (Å²) in [6.45, 7) is 3.35. The number of nitroso groups, excluding NO2 is 2. The maximum Gasteiger partial charge on any atom is 0.275 e. The standard InChI is InChI=1S/C10H10N4O4/c1-5-3-4-7(9(15)11-13-17)8(6(5)2)10(16)12-14-18/h3-4H,1-2H3,(H,11,15,17)(H,12,16,18). The Hall–Kier alpha value is -2.64. The summed E-state index contributed by atoms with van der Waals surface area (Å²) >= 11 is 0. The minimum atomic E-state index is -0.829. The van der Waals surface area contributed by atoms with Crippen molar-refractivity contribution in [3.8, 4) is 0 Å². The molecule has 0 atom stereocenters. The van der Waals surface area contributed by atoms with Crippen LogP contribution in [0.25, 0.3) is 0 Å². The molecule has 0 aromatic heterocycles. The summed E-state index contributed by atoms with van der Waals surface area (Å²) in [5.74, 6) is -1.65. The molecule has 8 heteroatoms. The molecule has 0 fully saturated rings. The first-order valence-corrected chi connectivity index (χ1v) is 4.88. The third-order valence-corrected chi connectivity index (χ3v) is 2.50. The van der Waals surface area contributed by atoms with E-state index in [0.29, 0.717) is 5.56 Å². The number of nitrogens with one attached hydrogen (secondary N) is 2. The Morgan fingerprint density at radius 1 is 1.00 bits per heavy atom. The second kappa shape index (κ2) is 5.62. The minimum Gasteiger partial charge on any atom is -0.267 e. The van der Waals surface area contributed by atoms with Crippen LogP contribution in [0.5, 0.6) is 0 Å². The average Bonchev–Trinajstić information content (AvgIpc) is 2.32. The van der Waals surface area contributed by atoms with Gasteiger partial charge in [0.25, 0.3) is 11.8 Å². The fraction of sp³-hybridized carbons (Fsp3) is 0.200. The lowest BCUT2D eigenvalue weighted by atomic mass is 9.96. The third-order valence-electron chi connectivity index (χ3n) is 2.50. The summed E-state index contributed by atoms with van der Waals surface area (Å²) in [7, 11) is 0. The zero-order valence-corrected chi connectivity index (χ0v) is 9.68. The lowest BCUT2D eigenvalue weighted by molar-refractivity contribution is 0.0919. The van der Waals surface area contributed by atoms with Gasteiger partial charge in [0.15, 0.2) is 0 Å². The van der Waals surface area contributed by atoms with Crippen LogP contribution in [0, 0.1) is 23.7 Å². The van der Waals surface area contributed by atoms with Crippen LogP contribution in [-0.2, 0) is 0 Å². The molecule has 2 N–H and O–H groups in total. The zero-order chi connectivity index (χ0) is 13.7. The molecule has 0 unspecified atom stereocenters. The molecule has 0 radical (unpaired) electrons. The number of amides is 2. The first-order valence-electron chi connectivity index (χ1n) is 4.88. The molecule has 8 nitrogen and oxygen atoms in total. The van der Waals surface area contributed by atoms with Crippen molar-refractivity contribution in [2.24, 2.45) is 10.6 Å². The van der Waals surface area contributed by atoms with E-state index >= 15 is 0 Å². The van der Waals surface area contributed by atoms with Gasteiger partial charge in [-0.2, -0.15) is 0 Å². The highest BCUT2D eigenvalue weighted by Crippen LogP contribution is 2.18. The number of aryl methyl sites for hydroxylation is 1. The van der Waals surface area contributed by atoms with Gasteiger partial charge in [0.1, 0.15) is 0 Å². The van der Waals surface area contributed by atoms with Crippen molar-refractivity contribution < 1.29 is 9.59 Å². The van der Waals surface area contributed by atoms with Gasteiger partial charge in [0.05, 0.1) is 21.7 Å². The van der Waals surface area contributed by atoms with Gasteiger partial charge in [0, 0.05) is 0 Å². The SMILES string of the molecule is Cc1ccc(C(=O)NN=O)c(C(=O)NN=O)c1C. The van der Waals surface area contributed by atoms with E-state index in [1.807, 2.05) is 0 Å². The van der Waals surface area contributed by atoms with Crippen LogP contribution < -0.4 is 10.9 Å². The molecule has 0 saturated carbocycles. The molecule has 0 aliphatic rings. The van der Waals surface area contributed by atoms with Crippen molar-refractivity contribution >= 4 is 11.8 Å². The second-order valence-electron chi connectivity index (χ2n) is 3.49. The molecule has 94 valence electrons. The maximum atomic E-state index is 11.7. The Morgan fingerprint density at radius 3 is 2.11 bits per heavy atom. The maximum absolute atomic E-state index is 11.7. The van der Waals surface area contributed by atoms with Crippen LogP contribution >= 0.6 is 0 Å². The van der Waals surface area contributed by atoms with Crippen molar-refractivity contribution in [1.29, 1.82) is 0 Å². The highest BCUT2D eigenvalue weighted by atomic mass is 16.3. The smallest absolute Gasteiger partial charge is 0.267 e. The Bertz CT molecular complexity index is 527. The summed E-state index contributed by atoms with van der Waals surface area (Å²) in [6.07, 6.45) is 0. The van der Waals surface area contributed by atoms with Crippen LogP contribution in [0.15, 0.2) is 22.7 Å². The Balaban J connectivity index is 3.38. The van der Waals surface area contributed by atoms with Gasteiger partial charge in [-0.05, 0) is 31.0 Å². The topological polar surface area (TPSA) is 117 Å². The number of rotatable bonds is 4. The Kier molecular flexibility index (Phi) is 4.19. The van der Waals surface area contributed by atoms with Gasteiger partial charge in [-0.15, -0.1) is 9.81 Å². The largest absolute Gasteiger partial charge is 0.275 e. The van der Waals surface area contributed by atoms with E-state index in [1.54, 1.807) is 30.8 Å². The quantitative estimate of drug-likeness (QED) is 0.615. The average molecular weight is 250 g/mol. The molecule has 0 spiro atoms. The summed E-state index contributed by atoms with van der Waals surface area (Å²) in [5, 5.41) is 4.51. The molecule has 1 aromatic carbocycles. The fourth-order valence-electron chi connectivity index (χ4n) is 1.50. The van der Waals surface area contributed by atoms with Crippen LogP contribution in [0.1, 0.15) is 31.8 Å². The summed E-state index contributed by atoms with van der Waals surface area (Å²) in [5.41, 5.74) is 4.58. The van der Waals surface area contributed by atoms with E-state index in [-0.39, 0.29) is 11.1 Å². The van der Waals surface area contributed by atoms with Gasteiger partial charge in [-0.25, -0.2) is 10.9 Å². The van der Waals surface area contributed by atoms with Crippen molar-refractivity contribution in [2.45, 2.75) is 13.8 Å². The number of hydrogen-bond acceptors (Lipinski definition) is 6. The normalized spacial score (nSPS) is 9.44. The molecule has 0 saturated heterocycles. The van der Waals surface area contributed by atoms with E-state index in [9.17, 15) is 19.4 Å². The lowest BCUT2D eigenvalue weighted by Crippen LogP contribution is -2.25. The molecule has 0 aliphatic heterocycles. The van der Waals surface area contributed by atoms with Crippen LogP contribution in [0.4, 0.5) is 0 Å². The first kappa shape index (κ1) is 13.4. The van der Waals surface area contributed by atoms with E-state index in [2.05, 4.69) is 10.6 Å². The highest BCUT2D eigenvalue weighted by molar-refractivity contribution is 6.08. The van der Waals surface area contributed by atoms with Crippen molar-refractivity contribution in [1.82, 2.24) is 10.9 Å². The molecular formula is C10H10N4O4. The van der Waals surface area contributed by atoms with E-state index in [1.165, 1.54) is 6.07 Å². The van der Waals surface area contributed by atoms with E-state index in [4.69, 9.17) is 0 Å². The zero-order valence-electron chi connectivity index (χ0n) is 9.68. The van der Waals surface area contributed by atoms with Crippen molar-refractivity contribution in [3.05, 3.63) is 44.2 Å². The summed E-state index contributed by atoms with van der Waals surface area (Å²) < 4.78 is 0. The number of benzene rings is 1. The fourth-order valence-corrected chi connectivity index (χ4v) is 1.50. The lowest BCUT2D eigenvalue weighted by Gasteiger charge is -2.11. The Labute approximate surface area is 102 Å². The molecule has 18 heavy (non-hydrogen) atoms. The molecule has 1 aromatic rings. The molecule has 0 bridgehead atoms. The predicted molar refractivity (Wildman–Crippen MR) is 62.4 cm³/mol. The van der Waals surface area contributed by atoms with Crippen molar-refractivity contribution in [3.63, 3.8) is 0 Å². The first-order chi connectivity index (χ1) is 8.52. The molecule has 1 rings (SSSR count). The summed E-state index contributed by atoms with van der Waals surface area (Å²) in [6, 6.07) is 2.97. The van der Waals surface area contributed by atoms with Crippen LogP contribution in [-0.4, -0.2) is 11.8 Å². The second-order valence-corrected chi connectivity index (χ2v) is 3.49. The Morgan fingerprint density at radius 2 is 1.56 bits per heavy atom. The van der Waals surface area contributed by atoms with Crippen molar-refractivity contribution in [2.75, 3.05) is 0 Å². The van der Waals surface area contributed by atoms with Gasteiger partial charge in [-0.3, -0.25) is 9.59 Å². The van der Waals surface area contributed by atoms with Crippen LogP contribution in [0.2, 0.25) is 0 Å². The third kappa shape index (κ3) is 2.54. The predicted octanol–water partition coefficient (Wildman–Crippen LogP) is 1.13. The van der Waals surface area contributed by atoms with Crippen LogP contribution in [0.3, 0.4) is 0 Å². The molecular weight excluding hydrogens is 240 g/mol. The summed E-state index contributed by atoms with van der Waals surface area (Å²) in [4.78, 5) is 43.2. The number of hydrogen-bond donors (Lipinski definition) is 2. The van der Waals surface area contributed by atoms with Gasteiger partial charge in [-0.1, -0.05) is 6.07 Å². The van der Waals surface area contributed by atoms with E-state index < -0.39 is 11.8 Å². The minimum absolute atomic E-state index is 0.0178. The molecule has 0 heterocycles. The highest BCUT2D eigenvalue weighted by Gasteiger charge is 2.20. The number of carbonyl (C=O) groups is 2. The number of carbonyl (C=O) groups excluding carboxylic acids is 2.